The fourth-order valence-electron chi connectivity index (χ4n) is 1.56. The highest BCUT2D eigenvalue weighted by Crippen LogP contribution is 2.09. The van der Waals surface area contributed by atoms with Gasteiger partial charge in [0.2, 0.25) is 0 Å². The van der Waals surface area contributed by atoms with Crippen molar-refractivity contribution in [2.24, 2.45) is 0 Å². The first kappa shape index (κ1) is 14.0. The molecule has 0 saturated heterocycles. The molecule has 0 atom stereocenters. The summed E-state index contributed by atoms with van der Waals surface area (Å²) >= 11 is 0. The summed E-state index contributed by atoms with van der Waals surface area (Å²) in [4.78, 5) is 11.4. The molecular weight excluding hydrogens is 228 g/mol. The van der Waals surface area contributed by atoms with Crippen LogP contribution in [0.5, 0.6) is 0 Å². The van der Waals surface area contributed by atoms with Crippen LogP contribution in [0.25, 0.3) is 0 Å². The molecule has 0 radical (unpaired) electrons. The van der Waals surface area contributed by atoms with Crippen LogP contribution in [-0.4, -0.2) is 12.6 Å². The standard InChI is InChI=1S/C14H18N2O2/c15-9-2-1-3-10-18-14(17)8-7-12-5-4-6-13(16)11-12/h4-6,11H,1-3,7-8,10,16H2. The molecule has 0 bridgehead atoms. The van der Waals surface area contributed by atoms with E-state index in [0.29, 0.717) is 31.6 Å². The second-order valence-corrected chi connectivity index (χ2v) is 4.08. The first-order chi connectivity index (χ1) is 8.72. The second-order valence-electron chi connectivity index (χ2n) is 4.08. The summed E-state index contributed by atoms with van der Waals surface area (Å²) < 4.78 is 5.06. The summed E-state index contributed by atoms with van der Waals surface area (Å²) in [5, 5.41) is 8.34. The Labute approximate surface area is 107 Å². The van der Waals surface area contributed by atoms with E-state index in [2.05, 4.69) is 6.07 Å². The number of nitrogens with zero attached hydrogens (tertiary/aromatic N) is 1. The van der Waals surface area contributed by atoms with Crippen molar-refractivity contribution in [3.05, 3.63) is 29.8 Å². The number of nitriles is 1. The average molecular weight is 246 g/mol. The van der Waals surface area contributed by atoms with Crippen LogP contribution >= 0.6 is 0 Å². The van der Waals surface area contributed by atoms with E-state index < -0.39 is 0 Å². The van der Waals surface area contributed by atoms with Crippen molar-refractivity contribution in [3.63, 3.8) is 0 Å². The van der Waals surface area contributed by atoms with Gasteiger partial charge in [-0.25, -0.2) is 0 Å². The third-order valence-electron chi connectivity index (χ3n) is 2.51. The van der Waals surface area contributed by atoms with Crippen LogP contribution in [0.3, 0.4) is 0 Å². The maximum atomic E-state index is 11.4. The van der Waals surface area contributed by atoms with E-state index >= 15 is 0 Å². The molecule has 0 heterocycles. The molecule has 1 aromatic rings. The number of carbonyl (C=O) groups excluding carboxylic acids is 1. The predicted molar refractivity (Wildman–Crippen MR) is 69.6 cm³/mol. The van der Waals surface area contributed by atoms with Crippen molar-refractivity contribution in [3.8, 4) is 6.07 Å². The maximum absolute atomic E-state index is 11.4. The Morgan fingerprint density at radius 2 is 2.22 bits per heavy atom. The lowest BCUT2D eigenvalue weighted by Crippen LogP contribution is -2.07. The van der Waals surface area contributed by atoms with E-state index in [9.17, 15) is 4.79 Å². The lowest BCUT2D eigenvalue weighted by molar-refractivity contribution is -0.143. The number of esters is 1. The minimum Gasteiger partial charge on any atom is -0.466 e. The third-order valence-corrected chi connectivity index (χ3v) is 2.51. The van der Waals surface area contributed by atoms with E-state index in [1.54, 1.807) is 0 Å². The molecule has 0 amide bonds. The van der Waals surface area contributed by atoms with Gasteiger partial charge >= 0.3 is 5.97 Å². The average Bonchev–Trinajstić information content (AvgIpc) is 2.36. The first-order valence-corrected chi connectivity index (χ1v) is 6.09. The van der Waals surface area contributed by atoms with Gasteiger partial charge in [-0.15, -0.1) is 0 Å². The molecule has 0 aliphatic heterocycles. The predicted octanol–water partition coefficient (Wildman–Crippen LogP) is 2.44. The van der Waals surface area contributed by atoms with Gasteiger partial charge in [0.15, 0.2) is 0 Å². The molecule has 1 rings (SSSR count). The number of hydrogen-bond donors (Lipinski definition) is 1. The van der Waals surface area contributed by atoms with Gasteiger partial charge in [-0.05, 0) is 37.0 Å². The van der Waals surface area contributed by atoms with E-state index in [0.717, 1.165) is 18.4 Å². The fraction of sp³-hybridized carbons (Fsp3) is 0.429. The van der Waals surface area contributed by atoms with E-state index in [-0.39, 0.29) is 5.97 Å². The molecule has 0 aliphatic rings. The van der Waals surface area contributed by atoms with Gasteiger partial charge in [-0.3, -0.25) is 4.79 Å². The third kappa shape index (κ3) is 5.90. The smallest absolute Gasteiger partial charge is 0.306 e. The molecule has 2 N–H and O–H groups in total. The molecule has 96 valence electrons. The van der Waals surface area contributed by atoms with Crippen molar-refractivity contribution >= 4 is 11.7 Å². The van der Waals surface area contributed by atoms with Crippen molar-refractivity contribution in [1.29, 1.82) is 5.26 Å². The number of ether oxygens (including phenoxy) is 1. The number of nitrogens with two attached hydrogens (primary N) is 1. The molecule has 4 heteroatoms. The molecule has 4 nitrogen and oxygen atoms in total. The molecule has 0 aliphatic carbocycles. The van der Waals surface area contributed by atoms with Gasteiger partial charge in [-0.1, -0.05) is 12.1 Å². The number of carbonyl (C=O) groups is 1. The minimum atomic E-state index is -0.200. The van der Waals surface area contributed by atoms with Gasteiger partial charge in [0.05, 0.1) is 12.7 Å². The van der Waals surface area contributed by atoms with Crippen LogP contribution in [0.15, 0.2) is 24.3 Å². The van der Waals surface area contributed by atoms with Crippen molar-refractivity contribution in [1.82, 2.24) is 0 Å². The fourth-order valence-corrected chi connectivity index (χ4v) is 1.56. The van der Waals surface area contributed by atoms with E-state index in [4.69, 9.17) is 15.7 Å². The van der Waals surface area contributed by atoms with Crippen molar-refractivity contribution in [2.45, 2.75) is 32.1 Å². The Balaban J connectivity index is 2.15. The van der Waals surface area contributed by atoms with Crippen molar-refractivity contribution in [2.75, 3.05) is 12.3 Å². The van der Waals surface area contributed by atoms with Crippen LogP contribution in [0.1, 0.15) is 31.2 Å². The number of nitrogen functional groups attached to an aromatic ring is 1. The van der Waals surface area contributed by atoms with Crippen molar-refractivity contribution < 1.29 is 9.53 Å². The number of rotatable bonds is 7. The van der Waals surface area contributed by atoms with Gasteiger partial charge < -0.3 is 10.5 Å². The summed E-state index contributed by atoms with van der Waals surface area (Å²) in [6, 6.07) is 9.55. The number of unbranched alkanes of at least 4 members (excludes halogenated alkanes) is 2. The molecule has 0 fully saturated rings. The molecular formula is C14H18N2O2. The van der Waals surface area contributed by atoms with Crippen LogP contribution in [0.4, 0.5) is 5.69 Å². The normalized spacial score (nSPS) is 9.72. The minimum absolute atomic E-state index is 0.200. The highest BCUT2D eigenvalue weighted by atomic mass is 16.5. The Kier molecular flexibility index (Phi) is 6.34. The highest BCUT2D eigenvalue weighted by Gasteiger charge is 2.03. The quantitative estimate of drug-likeness (QED) is 0.455. The lowest BCUT2D eigenvalue weighted by atomic mass is 10.1. The number of benzene rings is 1. The van der Waals surface area contributed by atoms with Gasteiger partial charge in [0.25, 0.3) is 0 Å². The summed E-state index contributed by atoms with van der Waals surface area (Å²) in [7, 11) is 0. The Morgan fingerprint density at radius 3 is 2.94 bits per heavy atom. The SMILES string of the molecule is N#CCCCCOC(=O)CCc1cccc(N)c1. The summed E-state index contributed by atoms with van der Waals surface area (Å²) in [6.45, 7) is 0.400. The maximum Gasteiger partial charge on any atom is 0.306 e. The number of aryl methyl sites for hydroxylation is 1. The Bertz CT molecular complexity index is 424. The zero-order valence-corrected chi connectivity index (χ0v) is 10.4. The second kappa shape index (κ2) is 8.13. The highest BCUT2D eigenvalue weighted by molar-refractivity contribution is 5.69. The zero-order valence-electron chi connectivity index (χ0n) is 10.4. The van der Waals surface area contributed by atoms with Crippen LogP contribution in [0.2, 0.25) is 0 Å². The van der Waals surface area contributed by atoms with Crippen LogP contribution in [0, 0.1) is 11.3 Å². The Hall–Kier alpha value is -2.02. The van der Waals surface area contributed by atoms with Gasteiger partial charge in [0, 0.05) is 18.5 Å². The summed E-state index contributed by atoms with van der Waals surface area (Å²) in [6.07, 6.45) is 3.04. The summed E-state index contributed by atoms with van der Waals surface area (Å²) in [5.74, 6) is -0.200. The van der Waals surface area contributed by atoms with E-state index in [1.165, 1.54) is 0 Å². The van der Waals surface area contributed by atoms with Crippen LogP contribution < -0.4 is 5.73 Å². The molecule has 1 aromatic carbocycles. The Morgan fingerprint density at radius 1 is 1.39 bits per heavy atom. The first-order valence-electron chi connectivity index (χ1n) is 6.09. The zero-order chi connectivity index (χ0) is 13.2. The topological polar surface area (TPSA) is 76.1 Å². The monoisotopic (exact) mass is 246 g/mol. The lowest BCUT2D eigenvalue weighted by Gasteiger charge is -2.04. The molecule has 0 unspecified atom stereocenters. The molecule has 0 saturated carbocycles. The summed E-state index contributed by atoms with van der Waals surface area (Å²) in [5.41, 5.74) is 7.39. The molecule has 0 aromatic heterocycles. The van der Waals surface area contributed by atoms with E-state index in [1.807, 2.05) is 24.3 Å². The number of hydrogen-bond acceptors (Lipinski definition) is 4. The molecule has 0 spiro atoms. The van der Waals surface area contributed by atoms with Gasteiger partial charge in [-0.2, -0.15) is 5.26 Å². The number of anilines is 1. The molecule has 18 heavy (non-hydrogen) atoms. The largest absolute Gasteiger partial charge is 0.466 e. The van der Waals surface area contributed by atoms with Crippen LogP contribution in [-0.2, 0) is 16.0 Å². The van der Waals surface area contributed by atoms with Gasteiger partial charge in [0.1, 0.15) is 0 Å².